The molecule has 1 aliphatic rings. The highest BCUT2D eigenvalue weighted by Gasteiger charge is 2.32. The Morgan fingerprint density at radius 3 is 2.76 bits per heavy atom. The highest BCUT2D eigenvalue weighted by atomic mass is 16.6. The average Bonchev–Trinajstić information content (AvgIpc) is 2.68. The predicted octanol–water partition coefficient (Wildman–Crippen LogP) is 3.88. The lowest BCUT2D eigenvalue weighted by Crippen LogP contribution is -2.42. The number of aromatic nitrogens is 2. The van der Waals surface area contributed by atoms with Crippen LogP contribution in [-0.2, 0) is 11.3 Å². The van der Waals surface area contributed by atoms with Gasteiger partial charge in [0.15, 0.2) is 0 Å². The van der Waals surface area contributed by atoms with Gasteiger partial charge in [0.1, 0.15) is 5.82 Å². The Kier molecular flexibility index (Phi) is 6.32. The van der Waals surface area contributed by atoms with E-state index in [1.54, 1.807) is 18.7 Å². The number of benzene rings is 1. The molecule has 1 amide bonds. The number of H-pyrrole nitrogens is 1. The maximum Gasteiger partial charge on any atom is 0.410 e. The number of fused-ring (bicyclic) bond motifs is 1. The number of nitrogens with one attached hydrogen (secondary N) is 1. The van der Waals surface area contributed by atoms with Crippen molar-refractivity contribution >= 4 is 6.09 Å². The zero-order valence-corrected chi connectivity index (χ0v) is 17.1. The first-order valence-electron chi connectivity index (χ1n) is 9.91. The quantitative estimate of drug-likeness (QED) is 0.776. The van der Waals surface area contributed by atoms with Gasteiger partial charge in [-0.2, -0.15) is 5.26 Å². The molecule has 0 fully saturated rings. The van der Waals surface area contributed by atoms with Crippen molar-refractivity contribution in [2.24, 2.45) is 0 Å². The van der Waals surface area contributed by atoms with Crippen LogP contribution in [0.25, 0.3) is 11.4 Å². The van der Waals surface area contributed by atoms with E-state index in [0.29, 0.717) is 37.2 Å². The van der Waals surface area contributed by atoms with Crippen molar-refractivity contribution in [2.75, 3.05) is 6.54 Å². The minimum absolute atomic E-state index is 0.113. The summed E-state index contributed by atoms with van der Waals surface area (Å²) in [5, 5.41) is 8.88. The summed E-state index contributed by atoms with van der Waals surface area (Å²) in [5.41, 5.74) is 2.94. The fourth-order valence-electron chi connectivity index (χ4n) is 3.53. The van der Waals surface area contributed by atoms with Crippen molar-refractivity contribution in [1.29, 1.82) is 5.26 Å². The number of rotatable bonds is 5. The van der Waals surface area contributed by atoms with E-state index < -0.39 is 6.09 Å². The molecule has 1 atom stereocenters. The van der Waals surface area contributed by atoms with Crippen LogP contribution in [0.5, 0.6) is 0 Å². The Balaban J connectivity index is 1.98. The van der Waals surface area contributed by atoms with Crippen LogP contribution in [0, 0.1) is 18.3 Å². The van der Waals surface area contributed by atoms with Crippen LogP contribution < -0.4 is 5.56 Å². The van der Waals surface area contributed by atoms with E-state index in [0.717, 1.165) is 16.8 Å². The third kappa shape index (κ3) is 4.83. The summed E-state index contributed by atoms with van der Waals surface area (Å²) in [4.78, 5) is 34.5. The predicted molar refractivity (Wildman–Crippen MR) is 109 cm³/mol. The molecule has 1 aromatic carbocycles. The number of aryl methyl sites for hydroxylation is 1. The third-order valence-corrected chi connectivity index (χ3v) is 4.98. The molecule has 1 unspecified atom stereocenters. The Morgan fingerprint density at radius 1 is 1.38 bits per heavy atom. The summed E-state index contributed by atoms with van der Waals surface area (Å²) in [5.74, 6) is 0.413. The van der Waals surface area contributed by atoms with Gasteiger partial charge in [-0.25, -0.2) is 9.78 Å². The van der Waals surface area contributed by atoms with Crippen molar-refractivity contribution in [2.45, 2.75) is 58.6 Å². The largest absolute Gasteiger partial charge is 0.447 e. The topological polar surface area (TPSA) is 99.1 Å². The fourth-order valence-corrected chi connectivity index (χ4v) is 3.53. The van der Waals surface area contributed by atoms with E-state index in [1.165, 1.54) is 0 Å². The SMILES string of the molecule is Cc1ccc(-c2nc3c(c(=O)[nH]2)CN(C(=O)OC(C)C)CC3CCCC#N)cc1. The van der Waals surface area contributed by atoms with Gasteiger partial charge in [0.2, 0.25) is 0 Å². The molecule has 1 aliphatic heterocycles. The summed E-state index contributed by atoms with van der Waals surface area (Å²) in [6.07, 6.45) is 1.12. The number of hydrogen-bond donors (Lipinski definition) is 1. The first kappa shape index (κ1) is 20.6. The molecule has 2 heterocycles. The molecule has 29 heavy (non-hydrogen) atoms. The minimum Gasteiger partial charge on any atom is -0.447 e. The van der Waals surface area contributed by atoms with Gasteiger partial charge in [-0.1, -0.05) is 29.8 Å². The van der Waals surface area contributed by atoms with Gasteiger partial charge in [0.25, 0.3) is 5.56 Å². The minimum atomic E-state index is -0.432. The van der Waals surface area contributed by atoms with Gasteiger partial charge < -0.3 is 14.6 Å². The van der Waals surface area contributed by atoms with Gasteiger partial charge in [0.05, 0.1) is 30.0 Å². The molecule has 0 saturated carbocycles. The highest BCUT2D eigenvalue weighted by molar-refractivity contribution is 5.68. The van der Waals surface area contributed by atoms with Gasteiger partial charge in [-0.15, -0.1) is 0 Å². The van der Waals surface area contributed by atoms with E-state index in [1.807, 2.05) is 31.2 Å². The lowest BCUT2D eigenvalue weighted by molar-refractivity contribution is 0.0689. The highest BCUT2D eigenvalue weighted by Crippen LogP contribution is 2.30. The van der Waals surface area contributed by atoms with Crippen LogP contribution in [0.15, 0.2) is 29.1 Å². The van der Waals surface area contributed by atoms with E-state index >= 15 is 0 Å². The molecular formula is C22H26N4O3. The van der Waals surface area contributed by atoms with Crippen molar-refractivity contribution in [3.05, 3.63) is 51.4 Å². The molecule has 1 N–H and O–H groups in total. The Hall–Kier alpha value is -3.14. The summed E-state index contributed by atoms with van der Waals surface area (Å²) < 4.78 is 5.32. The van der Waals surface area contributed by atoms with Crippen molar-refractivity contribution in [3.63, 3.8) is 0 Å². The molecule has 3 rings (SSSR count). The normalized spacial score (nSPS) is 15.7. The zero-order valence-electron chi connectivity index (χ0n) is 17.1. The molecule has 7 nitrogen and oxygen atoms in total. The second kappa shape index (κ2) is 8.91. The van der Waals surface area contributed by atoms with Gasteiger partial charge in [-0.05, 0) is 33.6 Å². The number of carbonyl (C=O) groups excluding carboxylic acids is 1. The monoisotopic (exact) mass is 394 g/mol. The van der Waals surface area contributed by atoms with Gasteiger partial charge in [-0.3, -0.25) is 4.79 Å². The summed E-state index contributed by atoms with van der Waals surface area (Å²) >= 11 is 0. The summed E-state index contributed by atoms with van der Waals surface area (Å²) in [7, 11) is 0. The average molecular weight is 394 g/mol. The molecule has 0 saturated heterocycles. The molecule has 0 aliphatic carbocycles. The summed E-state index contributed by atoms with van der Waals surface area (Å²) in [6.45, 7) is 6.19. The van der Waals surface area contributed by atoms with E-state index in [-0.39, 0.29) is 24.1 Å². The Bertz CT molecular complexity index is 973. The third-order valence-electron chi connectivity index (χ3n) is 4.98. The maximum absolute atomic E-state index is 12.9. The van der Waals surface area contributed by atoms with Gasteiger partial charge >= 0.3 is 6.09 Å². The standard InChI is InChI=1S/C22H26N4O3/c1-14(2)29-22(28)26-12-17(6-4-5-11-23)19-18(13-26)21(27)25-20(24-19)16-9-7-15(3)8-10-16/h7-10,14,17H,4-6,12-13H2,1-3H3,(H,24,25,27). The lowest BCUT2D eigenvalue weighted by Gasteiger charge is -2.33. The zero-order chi connectivity index (χ0) is 21.0. The first-order chi connectivity index (χ1) is 13.9. The molecule has 7 heteroatoms. The molecule has 0 bridgehead atoms. The number of amides is 1. The maximum atomic E-state index is 12.9. The number of unbranched alkanes of at least 4 members (excludes halogenated alkanes) is 1. The Morgan fingerprint density at radius 2 is 2.10 bits per heavy atom. The number of carbonyl (C=O) groups is 1. The van der Waals surface area contributed by atoms with Crippen molar-refractivity contribution in [1.82, 2.24) is 14.9 Å². The van der Waals surface area contributed by atoms with E-state index in [2.05, 4.69) is 11.1 Å². The van der Waals surface area contributed by atoms with E-state index in [9.17, 15) is 9.59 Å². The molecule has 2 aromatic rings. The van der Waals surface area contributed by atoms with Crippen LogP contribution >= 0.6 is 0 Å². The number of ether oxygens (including phenoxy) is 1. The van der Waals surface area contributed by atoms with Gasteiger partial charge in [0, 0.05) is 24.4 Å². The lowest BCUT2D eigenvalue weighted by atomic mass is 9.91. The van der Waals surface area contributed by atoms with Crippen LogP contribution in [0.1, 0.15) is 55.8 Å². The van der Waals surface area contributed by atoms with Crippen LogP contribution in [0.2, 0.25) is 0 Å². The summed E-state index contributed by atoms with van der Waals surface area (Å²) in [6, 6.07) is 9.96. The Labute approximate surface area is 170 Å². The van der Waals surface area contributed by atoms with Crippen LogP contribution in [-0.4, -0.2) is 33.6 Å². The smallest absolute Gasteiger partial charge is 0.410 e. The molecule has 0 spiro atoms. The molecule has 0 radical (unpaired) electrons. The molecule has 152 valence electrons. The number of nitriles is 1. The van der Waals surface area contributed by atoms with Crippen molar-refractivity contribution < 1.29 is 9.53 Å². The number of aromatic amines is 1. The molecule has 1 aromatic heterocycles. The van der Waals surface area contributed by atoms with Crippen molar-refractivity contribution in [3.8, 4) is 17.5 Å². The van der Waals surface area contributed by atoms with E-state index in [4.69, 9.17) is 15.0 Å². The number of nitrogens with zero attached hydrogens (tertiary/aromatic N) is 3. The second-order valence-corrected chi connectivity index (χ2v) is 7.70. The fraction of sp³-hybridized carbons (Fsp3) is 0.455. The molecular weight excluding hydrogens is 368 g/mol. The number of hydrogen-bond acceptors (Lipinski definition) is 5. The first-order valence-corrected chi connectivity index (χ1v) is 9.91. The second-order valence-electron chi connectivity index (χ2n) is 7.70. The van der Waals surface area contributed by atoms with Crippen LogP contribution in [0.3, 0.4) is 0 Å². The van der Waals surface area contributed by atoms with Crippen LogP contribution in [0.4, 0.5) is 4.79 Å².